The fourth-order valence-electron chi connectivity index (χ4n) is 1.63. The number of rotatable bonds is 9. The summed E-state index contributed by atoms with van der Waals surface area (Å²) in [6, 6.07) is 0. The molecule has 0 aromatic carbocycles. The predicted molar refractivity (Wildman–Crippen MR) is 85.3 cm³/mol. The van der Waals surface area contributed by atoms with E-state index >= 15 is 0 Å². The molecule has 6 heteroatoms. The molecule has 0 bridgehead atoms. The fraction of sp³-hybridized carbons (Fsp3) is 0.714. The maximum Gasteiger partial charge on any atom is 0.283 e. The van der Waals surface area contributed by atoms with Crippen LogP contribution in [0.3, 0.4) is 0 Å². The van der Waals surface area contributed by atoms with Gasteiger partial charge in [-0.05, 0) is 28.3 Å². The van der Waals surface area contributed by atoms with Crippen LogP contribution in [-0.4, -0.2) is 29.5 Å². The maximum absolute atomic E-state index is 12.1. The molecule has 0 unspecified atom stereocenters. The summed E-state index contributed by atoms with van der Waals surface area (Å²) in [5.74, 6) is 0.533. The van der Waals surface area contributed by atoms with E-state index in [0.29, 0.717) is 30.1 Å². The van der Waals surface area contributed by atoms with Crippen molar-refractivity contribution in [2.24, 2.45) is 5.92 Å². The molecule has 1 rings (SSSR count). The molecule has 0 atom stereocenters. The quantitative estimate of drug-likeness (QED) is 0.699. The average Bonchev–Trinajstić information content (AvgIpc) is 2.41. The van der Waals surface area contributed by atoms with Crippen LogP contribution in [-0.2, 0) is 11.3 Å². The van der Waals surface area contributed by atoms with Gasteiger partial charge in [-0.1, -0.05) is 27.2 Å². The summed E-state index contributed by atoms with van der Waals surface area (Å²) < 4.78 is 7.51. The number of ether oxygens (including phenoxy) is 1. The van der Waals surface area contributed by atoms with E-state index in [9.17, 15) is 4.79 Å². The number of nitrogens with one attached hydrogen (secondary N) is 1. The van der Waals surface area contributed by atoms with Crippen molar-refractivity contribution in [2.45, 2.75) is 40.2 Å². The van der Waals surface area contributed by atoms with Gasteiger partial charge in [-0.25, -0.2) is 4.68 Å². The molecule has 1 aromatic heterocycles. The lowest BCUT2D eigenvalue weighted by Gasteiger charge is -2.11. The Hall–Kier alpha value is -0.880. The largest absolute Gasteiger partial charge is 0.380 e. The molecule has 1 N–H and O–H groups in total. The molecule has 0 saturated heterocycles. The van der Waals surface area contributed by atoms with Crippen LogP contribution >= 0.6 is 15.9 Å². The number of aryl methyl sites for hydroxylation is 1. The first-order valence-corrected chi connectivity index (χ1v) is 7.92. The van der Waals surface area contributed by atoms with Gasteiger partial charge in [-0.3, -0.25) is 4.79 Å². The molecule has 1 heterocycles. The van der Waals surface area contributed by atoms with Crippen LogP contribution in [0.5, 0.6) is 0 Å². The van der Waals surface area contributed by atoms with Crippen LogP contribution < -0.4 is 10.9 Å². The van der Waals surface area contributed by atoms with Crippen molar-refractivity contribution in [3.05, 3.63) is 21.0 Å². The van der Waals surface area contributed by atoms with Gasteiger partial charge in [0.05, 0.1) is 18.5 Å². The third-order valence-electron chi connectivity index (χ3n) is 2.72. The van der Waals surface area contributed by atoms with Gasteiger partial charge < -0.3 is 10.1 Å². The molecule has 0 radical (unpaired) electrons. The van der Waals surface area contributed by atoms with E-state index in [-0.39, 0.29) is 5.56 Å². The maximum atomic E-state index is 12.1. The molecule has 0 aliphatic carbocycles. The molecule has 0 aliphatic rings. The van der Waals surface area contributed by atoms with Crippen LogP contribution in [0.25, 0.3) is 0 Å². The first kappa shape index (κ1) is 17.2. The van der Waals surface area contributed by atoms with E-state index in [1.54, 1.807) is 6.20 Å². The number of anilines is 1. The van der Waals surface area contributed by atoms with E-state index in [2.05, 4.69) is 47.1 Å². The molecular weight excluding hydrogens is 322 g/mol. The minimum Gasteiger partial charge on any atom is -0.380 e. The zero-order valence-corrected chi connectivity index (χ0v) is 14.1. The minimum atomic E-state index is -0.0912. The second-order valence-corrected chi connectivity index (χ2v) is 5.94. The lowest BCUT2D eigenvalue weighted by Crippen LogP contribution is -2.25. The summed E-state index contributed by atoms with van der Waals surface area (Å²) in [4.78, 5) is 12.1. The Labute approximate surface area is 128 Å². The molecule has 0 fully saturated rings. The van der Waals surface area contributed by atoms with Crippen LogP contribution in [0.2, 0.25) is 0 Å². The first-order chi connectivity index (χ1) is 9.56. The molecule has 5 nitrogen and oxygen atoms in total. The van der Waals surface area contributed by atoms with Crippen molar-refractivity contribution >= 4 is 21.6 Å². The number of nitrogens with zero attached hydrogens (tertiary/aromatic N) is 2. The standard InChI is InChI=1S/C14H24BrN3O2/c1-4-5-7-18-14(19)13(15)12(9-17-18)16-6-8-20-10-11(2)3/h9,11,16H,4-8,10H2,1-3H3. The number of hydrogen-bond acceptors (Lipinski definition) is 4. The zero-order valence-electron chi connectivity index (χ0n) is 12.5. The van der Waals surface area contributed by atoms with Crippen molar-refractivity contribution < 1.29 is 4.74 Å². The highest BCUT2D eigenvalue weighted by molar-refractivity contribution is 9.10. The summed E-state index contributed by atoms with van der Waals surface area (Å²) >= 11 is 3.34. The lowest BCUT2D eigenvalue weighted by atomic mass is 10.2. The van der Waals surface area contributed by atoms with E-state index in [1.807, 2.05) is 0 Å². The van der Waals surface area contributed by atoms with Gasteiger partial charge in [0.25, 0.3) is 5.56 Å². The topological polar surface area (TPSA) is 56.1 Å². The van der Waals surface area contributed by atoms with E-state index in [4.69, 9.17) is 4.74 Å². The second-order valence-electron chi connectivity index (χ2n) is 5.15. The smallest absolute Gasteiger partial charge is 0.283 e. The number of aromatic nitrogens is 2. The highest BCUT2D eigenvalue weighted by Crippen LogP contribution is 2.15. The van der Waals surface area contributed by atoms with Gasteiger partial charge in [-0.2, -0.15) is 5.10 Å². The van der Waals surface area contributed by atoms with Gasteiger partial charge in [0.2, 0.25) is 0 Å². The molecule has 0 saturated carbocycles. The van der Waals surface area contributed by atoms with Gasteiger partial charge in [0.15, 0.2) is 0 Å². The van der Waals surface area contributed by atoms with E-state index in [1.165, 1.54) is 4.68 Å². The van der Waals surface area contributed by atoms with Crippen LogP contribution in [0.15, 0.2) is 15.5 Å². The zero-order chi connectivity index (χ0) is 15.0. The Bertz CT molecular complexity index is 460. The summed E-state index contributed by atoms with van der Waals surface area (Å²) in [7, 11) is 0. The predicted octanol–water partition coefficient (Wildman–Crippen LogP) is 2.89. The Morgan fingerprint density at radius 3 is 2.90 bits per heavy atom. The molecule has 114 valence electrons. The van der Waals surface area contributed by atoms with Crippen molar-refractivity contribution in [3.63, 3.8) is 0 Å². The molecule has 0 aliphatic heterocycles. The summed E-state index contributed by atoms with van der Waals surface area (Å²) in [5, 5.41) is 7.34. The monoisotopic (exact) mass is 345 g/mol. The van der Waals surface area contributed by atoms with Crippen LogP contribution in [0.4, 0.5) is 5.69 Å². The molecule has 1 aromatic rings. The number of hydrogen-bond donors (Lipinski definition) is 1. The van der Waals surface area contributed by atoms with E-state index < -0.39 is 0 Å². The fourth-order valence-corrected chi connectivity index (χ4v) is 2.08. The Morgan fingerprint density at radius 1 is 1.50 bits per heavy atom. The van der Waals surface area contributed by atoms with Crippen LogP contribution in [0, 0.1) is 5.92 Å². The molecule has 20 heavy (non-hydrogen) atoms. The highest BCUT2D eigenvalue weighted by atomic mass is 79.9. The van der Waals surface area contributed by atoms with Crippen molar-refractivity contribution in [1.29, 1.82) is 0 Å². The number of unbranched alkanes of at least 4 members (excludes halogenated alkanes) is 1. The Balaban J connectivity index is 2.51. The van der Waals surface area contributed by atoms with Gasteiger partial charge in [0, 0.05) is 19.7 Å². The van der Waals surface area contributed by atoms with E-state index in [0.717, 1.165) is 25.1 Å². The Morgan fingerprint density at radius 2 is 2.25 bits per heavy atom. The third-order valence-corrected chi connectivity index (χ3v) is 3.49. The highest BCUT2D eigenvalue weighted by Gasteiger charge is 2.08. The average molecular weight is 346 g/mol. The first-order valence-electron chi connectivity index (χ1n) is 7.13. The lowest BCUT2D eigenvalue weighted by molar-refractivity contribution is 0.118. The Kier molecular flexibility index (Phi) is 7.84. The van der Waals surface area contributed by atoms with Gasteiger partial charge in [-0.15, -0.1) is 0 Å². The molecule has 0 amide bonds. The summed E-state index contributed by atoms with van der Waals surface area (Å²) in [6.07, 6.45) is 3.68. The molecule has 0 spiro atoms. The third kappa shape index (κ3) is 5.63. The normalized spacial score (nSPS) is 11.1. The van der Waals surface area contributed by atoms with Gasteiger partial charge >= 0.3 is 0 Å². The van der Waals surface area contributed by atoms with Crippen molar-refractivity contribution in [2.75, 3.05) is 25.1 Å². The minimum absolute atomic E-state index is 0.0912. The molecular formula is C14H24BrN3O2. The van der Waals surface area contributed by atoms with Crippen molar-refractivity contribution in [3.8, 4) is 0 Å². The van der Waals surface area contributed by atoms with Crippen molar-refractivity contribution in [1.82, 2.24) is 9.78 Å². The van der Waals surface area contributed by atoms with Crippen LogP contribution in [0.1, 0.15) is 33.6 Å². The summed E-state index contributed by atoms with van der Waals surface area (Å²) in [6.45, 7) is 9.00. The van der Waals surface area contributed by atoms with Gasteiger partial charge in [0.1, 0.15) is 4.47 Å². The second kappa shape index (κ2) is 9.13. The summed E-state index contributed by atoms with van der Waals surface area (Å²) in [5.41, 5.74) is 0.627. The SMILES string of the molecule is CCCCn1ncc(NCCOCC(C)C)c(Br)c1=O. The number of halogens is 1.